The molecule has 2 atom stereocenters. The van der Waals surface area contributed by atoms with Crippen LogP contribution in [0.4, 0.5) is 9.59 Å². The summed E-state index contributed by atoms with van der Waals surface area (Å²) in [4.78, 5) is 26.9. The number of piperazine rings is 1. The Kier molecular flexibility index (Phi) is 3.93. The molecule has 0 spiro atoms. The Morgan fingerprint density at radius 1 is 0.800 bits per heavy atom. The van der Waals surface area contributed by atoms with E-state index in [0.717, 1.165) is 25.9 Å². The highest BCUT2D eigenvalue weighted by Crippen LogP contribution is 2.11. The van der Waals surface area contributed by atoms with Crippen LogP contribution in [0.3, 0.4) is 0 Å². The maximum Gasteiger partial charge on any atom is 0.411 e. The zero-order chi connectivity index (χ0) is 13.9. The van der Waals surface area contributed by atoms with Gasteiger partial charge in [-0.15, -0.1) is 0 Å². The minimum absolute atomic E-state index is 0.143. The van der Waals surface area contributed by atoms with Crippen molar-refractivity contribution in [2.24, 2.45) is 0 Å². The number of rotatable bonds is 2. The third-order valence-corrected chi connectivity index (χ3v) is 3.84. The smallest absolute Gasteiger partial charge is 0.411 e. The molecule has 0 aromatic carbocycles. The van der Waals surface area contributed by atoms with Gasteiger partial charge in [0.15, 0.2) is 12.5 Å². The Balaban J connectivity index is 1.39. The van der Waals surface area contributed by atoms with Crippen molar-refractivity contribution in [1.82, 2.24) is 20.4 Å². The van der Waals surface area contributed by atoms with Gasteiger partial charge in [-0.3, -0.25) is 10.6 Å². The molecule has 0 aromatic rings. The van der Waals surface area contributed by atoms with Crippen molar-refractivity contribution in [1.29, 1.82) is 0 Å². The molecule has 3 rings (SSSR count). The molecule has 0 aliphatic carbocycles. The van der Waals surface area contributed by atoms with Crippen molar-refractivity contribution >= 4 is 12.2 Å². The summed E-state index contributed by atoms with van der Waals surface area (Å²) in [5.41, 5.74) is 0. The highest BCUT2D eigenvalue weighted by molar-refractivity contribution is 5.70. The lowest BCUT2D eigenvalue weighted by molar-refractivity contribution is -0.00736. The van der Waals surface area contributed by atoms with Gasteiger partial charge in [-0.05, 0) is 0 Å². The van der Waals surface area contributed by atoms with E-state index in [-0.39, 0.29) is 24.6 Å². The average molecular weight is 284 g/mol. The molecule has 8 heteroatoms. The molecule has 8 nitrogen and oxygen atoms in total. The number of hydrogen-bond acceptors (Lipinski definition) is 6. The predicted molar refractivity (Wildman–Crippen MR) is 68.9 cm³/mol. The van der Waals surface area contributed by atoms with Gasteiger partial charge in [-0.2, -0.15) is 0 Å². The number of hydrogen-bond donors (Lipinski definition) is 2. The third-order valence-electron chi connectivity index (χ3n) is 3.84. The molecule has 2 unspecified atom stereocenters. The fraction of sp³-hybridized carbons (Fsp3) is 0.833. The molecule has 112 valence electrons. The van der Waals surface area contributed by atoms with E-state index in [9.17, 15) is 9.59 Å². The van der Waals surface area contributed by atoms with Gasteiger partial charge >= 0.3 is 12.2 Å². The molecular formula is C12H20N4O4. The topological polar surface area (TPSA) is 83.1 Å². The summed E-state index contributed by atoms with van der Waals surface area (Å²) in [6.07, 6.45) is 0.830. The summed E-state index contributed by atoms with van der Waals surface area (Å²) in [6.45, 7) is 3.73. The third kappa shape index (κ3) is 2.96. The van der Waals surface area contributed by atoms with Gasteiger partial charge in [0.25, 0.3) is 0 Å². The minimum Gasteiger partial charge on any atom is -0.430 e. The SMILES string of the molecule is O=C(OC1CCN1)N1CCN(C(=O)OC2CCN2)CC1. The van der Waals surface area contributed by atoms with Gasteiger partial charge in [0.05, 0.1) is 0 Å². The summed E-state index contributed by atoms with van der Waals surface area (Å²) in [7, 11) is 0. The molecule has 3 fully saturated rings. The quantitative estimate of drug-likeness (QED) is 0.712. The van der Waals surface area contributed by atoms with E-state index >= 15 is 0 Å². The fourth-order valence-corrected chi connectivity index (χ4v) is 2.19. The summed E-state index contributed by atoms with van der Waals surface area (Å²) >= 11 is 0. The molecule has 3 heterocycles. The number of nitrogens with zero attached hydrogens (tertiary/aromatic N) is 2. The van der Waals surface area contributed by atoms with E-state index in [0.29, 0.717) is 26.2 Å². The van der Waals surface area contributed by atoms with Crippen LogP contribution in [-0.2, 0) is 9.47 Å². The van der Waals surface area contributed by atoms with Crippen molar-refractivity contribution < 1.29 is 19.1 Å². The van der Waals surface area contributed by atoms with E-state index in [1.807, 2.05) is 0 Å². The first-order chi connectivity index (χ1) is 9.72. The first kappa shape index (κ1) is 13.4. The molecule has 20 heavy (non-hydrogen) atoms. The molecule has 0 radical (unpaired) electrons. The van der Waals surface area contributed by atoms with Gasteiger partial charge in [0.2, 0.25) is 0 Å². The van der Waals surface area contributed by atoms with Crippen LogP contribution in [0.2, 0.25) is 0 Å². The number of ether oxygens (including phenoxy) is 2. The van der Waals surface area contributed by atoms with Crippen LogP contribution < -0.4 is 10.6 Å². The van der Waals surface area contributed by atoms with E-state index < -0.39 is 0 Å². The van der Waals surface area contributed by atoms with Crippen molar-refractivity contribution in [2.75, 3.05) is 39.3 Å². The van der Waals surface area contributed by atoms with Crippen LogP contribution in [0.5, 0.6) is 0 Å². The predicted octanol–water partition coefficient (Wildman–Crippen LogP) is -0.484. The van der Waals surface area contributed by atoms with Gasteiger partial charge in [-0.25, -0.2) is 9.59 Å². The largest absolute Gasteiger partial charge is 0.430 e. The minimum atomic E-state index is -0.309. The van der Waals surface area contributed by atoms with Crippen LogP contribution >= 0.6 is 0 Å². The highest BCUT2D eigenvalue weighted by Gasteiger charge is 2.30. The second-order valence-electron chi connectivity index (χ2n) is 5.20. The van der Waals surface area contributed by atoms with Crippen LogP contribution in [0, 0.1) is 0 Å². The molecule has 0 aromatic heterocycles. The Morgan fingerprint density at radius 3 is 1.40 bits per heavy atom. The van der Waals surface area contributed by atoms with E-state index in [1.54, 1.807) is 9.80 Å². The Labute approximate surface area is 117 Å². The summed E-state index contributed by atoms with van der Waals surface area (Å²) in [6, 6.07) is 0. The Bertz CT molecular complexity index is 340. The molecule has 3 aliphatic heterocycles. The molecular weight excluding hydrogens is 264 g/mol. The number of amides is 2. The van der Waals surface area contributed by atoms with Gasteiger partial charge in [-0.1, -0.05) is 0 Å². The number of carbonyl (C=O) groups is 2. The summed E-state index contributed by atoms with van der Waals surface area (Å²) in [5.74, 6) is 0. The van der Waals surface area contributed by atoms with Crippen molar-refractivity contribution in [3.8, 4) is 0 Å². The Morgan fingerprint density at radius 2 is 1.15 bits per heavy atom. The monoisotopic (exact) mass is 284 g/mol. The zero-order valence-corrected chi connectivity index (χ0v) is 11.3. The number of nitrogens with one attached hydrogen (secondary N) is 2. The fourth-order valence-electron chi connectivity index (χ4n) is 2.19. The normalized spacial score (nSPS) is 29.2. The van der Waals surface area contributed by atoms with Crippen LogP contribution in [0.1, 0.15) is 12.8 Å². The van der Waals surface area contributed by atoms with Crippen molar-refractivity contribution in [3.63, 3.8) is 0 Å². The van der Waals surface area contributed by atoms with Crippen LogP contribution in [0.25, 0.3) is 0 Å². The number of carbonyl (C=O) groups excluding carboxylic acids is 2. The van der Waals surface area contributed by atoms with Crippen molar-refractivity contribution in [2.45, 2.75) is 25.3 Å². The van der Waals surface area contributed by atoms with Gasteiger partial charge < -0.3 is 19.3 Å². The molecule has 0 saturated carbocycles. The van der Waals surface area contributed by atoms with Gasteiger partial charge in [0.1, 0.15) is 0 Å². The molecule has 0 bridgehead atoms. The van der Waals surface area contributed by atoms with Crippen molar-refractivity contribution in [3.05, 3.63) is 0 Å². The zero-order valence-electron chi connectivity index (χ0n) is 11.3. The first-order valence-corrected chi connectivity index (χ1v) is 7.10. The van der Waals surface area contributed by atoms with Crippen LogP contribution in [-0.4, -0.2) is 73.7 Å². The molecule has 2 N–H and O–H groups in total. The van der Waals surface area contributed by atoms with E-state index in [2.05, 4.69) is 10.6 Å². The maximum absolute atomic E-state index is 11.8. The molecule has 3 saturated heterocycles. The summed E-state index contributed by atoms with van der Waals surface area (Å²) < 4.78 is 10.5. The van der Waals surface area contributed by atoms with Gasteiger partial charge in [0, 0.05) is 52.1 Å². The van der Waals surface area contributed by atoms with E-state index in [1.165, 1.54) is 0 Å². The lowest BCUT2D eigenvalue weighted by Crippen LogP contribution is -2.55. The summed E-state index contributed by atoms with van der Waals surface area (Å²) in [5, 5.41) is 6.03. The molecule has 3 aliphatic rings. The lowest BCUT2D eigenvalue weighted by Gasteiger charge is -2.37. The molecule has 2 amide bonds. The standard InChI is InChI=1S/C12H20N4O4/c17-11(19-9-1-3-13-9)15-5-7-16(8-6-15)12(18)20-10-2-4-14-10/h9-10,13-14H,1-8H2. The highest BCUT2D eigenvalue weighted by atomic mass is 16.6. The second kappa shape index (κ2) is 5.84. The second-order valence-corrected chi connectivity index (χ2v) is 5.20. The van der Waals surface area contributed by atoms with E-state index in [4.69, 9.17) is 9.47 Å². The first-order valence-electron chi connectivity index (χ1n) is 7.10. The lowest BCUT2D eigenvalue weighted by atomic mass is 10.2. The Hall–Kier alpha value is -1.54. The maximum atomic E-state index is 11.8. The average Bonchev–Trinajstić information content (AvgIpc) is 2.38. The van der Waals surface area contributed by atoms with Crippen LogP contribution in [0.15, 0.2) is 0 Å².